The van der Waals surface area contributed by atoms with Crippen LogP contribution in [0.5, 0.6) is 0 Å². The Morgan fingerprint density at radius 3 is 2.41 bits per heavy atom. The van der Waals surface area contributed by atoms with Crippen molar-refractivity contribution in [3.05, 3.63) is 0 Å². The molecule has 2 heterocycles. The summed E-state index contributed by atoms with van der Waals surface area (Å²) in [4.78, 5) is 10.5. The number of piperidine rings is 1. The van der Waals surface area contributed by atoms with Crippen molar-refractivity contribution in [1.82, 2.24) is 20.0 Å². The Bertz CT molecular complexity index is 461. The molecule has 0 aromatic rings. The summed E-state index contributed by atoms with van der Waals surface area (Å²) in [5.74, 6) is 0.806. The second-order valence-corrected chi connectivity index (χ2v) is 7.80. The highest BCUT2D eigenvalue weighted by Gasteiger charge is 2.41. The van der Waals surface area contributed by atoms with Gasteiger partial charge in [0.2, 0.25) is 0 Å². The van der Waals surface area contributed by atoms with Crippen LogP contribution in [0.2, 0.25) is 0 Å². The molecule has 0 saturated carbocycles. The molecular formula is C19H36F3N5. The molecule has 8 heteroatoms. The summed E-state index contributed by atoms with van der Waals surface area (Å²) in [6, 6.07) is -0.679. The fourth-order valence-corrected chi connectivity index (χ4v) is 3.99. The standard InChI is InChI=1S/C19H36F3N5/c1-16-8-4-6-10-25(16)11-7-5-9-24-18(23-3)27-14-12-26(13-15-27)17(2)19(20,21)22/h16-17H,4-15H2,1-3H3,(H,23,24). The highest BCUT2D eigenvalue weighted by molar-refractivity contribution is 5.79. The van der Waals surface area contributed by atoms with Gasteiger partial charge >= 0.3 is 6.18 Å². The van der Waals surface area contributed by atoms with Crippen LogP contribution in [0.25, 0.3) is 0 Å². The molecule has 2 saturated heterocycles. The predicted molar refractivity (Wildman–Crippen MR) is 104 cm³/mol. The fraction of sp³-hybridized carbons (Fsp3) is 0.947. The molecule has 0 radical (unpaired) electrons. The third-order valence-electron chi connectivity index (χ3n) is 5.94. The summed E-state index contributed by atoms with van der Waals surface area (Å²) in [5, 5.41) is 3.38. The molecule has 27 heavy (non-hydrogen) atoms. The van der Waals surface area contributed by atoms with E-state index in [-0.39, 0.29) is 0 Å². The normalized spacial score (nSPS) is 24.9. The minimum atomic E-state index is -4.16. The van der Waals surface area contributed by atoms with Crippen LogP contribution in [0.15, 0.2) is 4.99 Å². The maximum atomic E-state index is 12.9. The highest BCUT2D eigenvalue weighted by Crippen LogP contribution is 2.25. The number of hydrogen-bond acceptors (Lipinski definition) is 3. The van der Waals surface area contributed by atoms with Gasteiger partial charge in [0.1, 0.15) is 6.04 Å². The zero-order chi connectivity index (χ0) is 19.9. The lowest BCUT2D eigenvalue weighted by Crippen LogP contribution is -2.56. The van der Waals surface area contributed by atoms with Crippen molar-refractivity contribution in [3.8, 4) is 0 Å². The number of aliphatic imine (C=N–C) groups is 1. The largest absolute Gasteiger partial charge is 0.403 e. The minimum absolute atomic E-state index is 0.411. The molecule has 158 valence electrons. The van der Waals surface area contributed by atoms with E-state index in [4.69, 9.17) is 0 Å². The van der Waals surface area contributed by atoms with Crippen molar-refractivity contribution in [1.29, 1.82) is 0 Å². The summed E-state index contributed by atoms with van der Waals surface area (Å²) in [6.45, 7) is 8.75. The Hall–Kier alpha value is -1.02. The van der Waals surface area contributed by atoms with Crippen molar-refractivity contribution in [2.45, 2.75) is 64.2 Å². The van der Waals surface area contributed by atoms with Gasteiger partial charge in [0, 0.05) is 45.8 Å². The molecule has 2 aliphatic rings. The van der Waals surface area contributed by atoms with Crippen LogP contribution < -0.4 is 5.32 Å². The Labute approximate surface area is 162 Å². The molecule has 2 atom stereocenters. The zero-order valence-electron chi connectivity index (χ0n) is 17.1. The van der Waals surface area contributed by atoms with Crippen LogP contribution in [0, 0.1) is 0 Å². The van der Waals surface area contributed by atoms with Crippen molar-refractivity contribution in [3.63, 3.8) is 0 Å². The minimum Gasteiger partial charge on any atom is -0.356 e. The zero-order valence-corrected chi connectivity index (χ0v) is 17.1. The third kappa shape index (κ3) is 6.82. The third-order valence-corrected chi connectivity index (χ3v) is 5.94. The average Bonchev–Trinajstić information content (AvgIpc) is 2.65. The van der Waals surface area contributed by atoms with Gasteiger partial charge in [-0.05, 0) is 52.6 Å². The van der Waals surface area contributed by atoms with Crippen molar-refractivity contribution in [2.24, 2.45) is 4.99 Å². The second-order valence-electron chi connectivity index (χ2n) is 7.80. The summed E-state index contributed by atoms with van der Waals surface area (Å²) >= 11 is 0. The number of guanidine groups is 1. The summed E-state index contributed by atoms with van der Waals surface area (Å²) in [5.41, 5.74) is 0. The van der Waals surface area contributed by atoms with Crippen LogP contribution in [-0.4, -0.2) is 91.8 Å². The van der Waals surface area contributed by atoms with E-state index in [0.717, 1.165) is 31.9 Å². The van der Waals surface area contributed by atoms with Gasteiger partial charge in [0.15, 0.2) is 5.96 Å². The maximum absolute atomic E-state index is 12.9. The average molecular weight is 392 g/mol. The van der Waals surface area contributed by atoms with E-state index in [1.54, 1.807) is 7.05 Å². The number of rotatable bonds is 6. The van der Waals surface area contributed by atoms with Gasteiger partial charge in [-0.3, -0.25) is 9.89 Å². The molecule has 2 aliphatic heterocycles. The monoisotopic (exact) mass is 391 g/mol. The van der Waals surface area contributed by atoms with Crippen LogP contribution in [0.3, 0.4) is 0 Å². The lowest BCUT2D eigenvalue weighted by atomic mass is 10.0. The second kappa shape index (κ2) is 10.5. The van der Waals surface area contributed by atoms with Gasteiger partial charge in [-0.15, -0.1) is 0 Å². The molecule has 2 rings (SSSR count). The first-order valence-electron chi connectivity index (χ1n) is 10.3. The first kappa shape index (κ1) is 22.3. The Morgan fingerprint density at radius 1 is 1.11 bits per heavy atom. The highest BCUT2D eigenvalue weighted by atomic mass is 19.4. The van der Waals surface area contributed by atoms with Crippen LogP contribution in [0.1, 0.15) is 46.0 Å². The molecule has 2 unspecified atom stereocenters. The van der Waals surface area contributed by atoms with E-state index in [2.05, 4.69) is 27.0 Å². The van der Waals surface area contributed by atoms with Crippen LogP contribution >= 0.6 is 0 Å². The number of halogens is 3. The van der Waals surface area contributed by atoms with Gasteiger partial charge in [-0.25, -0.2) is 0 Å². The smallest absolute Gasteiger partial charge is 0.356 e. The quantitative estimate of drug-likeness (QED) is 0.429. The lowest BCUT2D eigenvalue weighted by molar-refractivity contribution is -0.181. The Morgan fingerprint density at radius 2 is 1.81 bits per heavy atom. The maximum Gasteiger partial charge on any atom is 0.403 e. The number of likely N-dealkylation sites (tertiary alicyclic amines) is 1. The van der Waals surface area contributed by atoms with Crippen LogP contribution in [-0.2, 0) is 0 Å². The van der Waals surface area contributed by atoms with Crippen molar-refractivity contribution in [2.75, 3.05) is 52.9 Å². The number of nitrogens with zero attached hydrogens (tertiary/aromatic N) is 4. The van der Waals surface area contributed by atoms with E-state index in [9.17, 15) is 13.2 Å². The van der Waals surface area contributed by atoms with E-state index in [1.165, 1.54) is 37.6 Å². The van der Waals surface area contributed by atoms with Gasteiger partial charge in [0.25, 0.3) is 0 Å². The molecular weight excluding hydrogens is 355 g/mol. The van der Waals surface area contributed by atoms with Crippen LogP contribution in [0.4, 0.5) is 13.2 Å². The van der Waals surface area contributed by atoms with Gasteiger partial charge < -0.3 is 15.1 Å². The summed E-state index contributed by atoms with van der Waals surface area (Å²) in [7, 11) is 1.74. The predicted octanol–water partition coefficient (Wildman–Crippen LogP) is 2.78. The molecule has 0 aromatic carbocycles. The molecule has 0 aliphatic carbocycles. The number of alkyl halides is 3. The Kier molecular flexibility index (Phi) is 8.66. The van der Waals surface area contributed by atoms with Gasteiger partial charge in [-0.2, -0.15) is 13.2 Å². The van der Waals surface area contributed by atoms with Crippen molar-refractivity contribution < 1.29 is 13.2 Å². The molecule has 2 fully saturated rings. The van der Waals surface area contributed by atoms with E-state index in [0.29, 0.717) is 32.2 Å². The molecule has 0 amide bonds. The SMILES string of the molecule is CN=C(NCCCCN1CCCCC1C)N1CCN(C(C)C(F)(F)F)CC1. The fourth-order valence-electron chi connectivity index (χ4n) is 3.99. The van der Waals surface area contributed by atoms with Gasteiger partial charge in [0.05, 0.1) is 0 Å². The number of piperazine rings is 1. The topological polar surface area (TPSA) is 34.1 Å². The first-order chi connectivity index (χ1) is 12.8. The van der Waals surface area contributed by atoms with E-state index in [1.807, 2.05) is 0 Å². The number of hydrogen-bond donors (Lipinski definition) is 1. The summed E-state index contributed by atoms with van der Waals surface area (Å²) in [6.07, 6.45) is 2.05. The molecule has 0 aromatic heterocycles. The number of unbranched alkanes of at least 4 members (excludes halogenated alkanes) is 1. The first-order valence-corrected chi connectivity index (χ1v) is 10.3. The summed E-state index contributed by atoms with van der Waals surface area (Å²) < 4.78 is 38.6. The lowest BCUT2D eigenvalue weighted by Gasteiger charge is -2.39. The molecule has 0 bridgehead atoms. The van der Waals surface area contributed by atoms with Gasteiger partial charge in [-0.1, -0.05) is 6.42 Å². The van der Waals surface area contributed by atoms with E-state index >= 15 is 0 Å². The Balaban J connectivity index is 1.64. The van der Waals surface area contributed by atoms with E-state index < -0.39 is 12.2 Å². The van der Waals surface area contributed by atoms with Crippen molar-refractivity contribution >= 4 is 5.96 Å². The molecule has 0 spiro atoms. The molecule has 1 N–H and O–H groups in total. The number of nitrogens with one attached hydrogen (secondary N) is 1. The molecule has 5 nitrogen and oxygen atoms in total.